The number of amidine groups is 2. The molecule has 0 aromatic heterocycles. The largest absolute Gasteiger partial charge is 0.379 e. The van der Waals surface area contributed by atoms with Crippen LogP contribution in [0.15, 0.2) is 0 Å². The van der Waals surface area contributed by atoms with Gasteiger partial charge in [-0.05, 0) is 12.8 Å². The number of nitrogens with two attached hydrogens (primary N) is 2. The smallest absolute Gasteiger partial charge is 0.151 e. The zero-order chi connectivity index (χ0) is 12.2. The Labute approximate surface area is 139 Å². The highest BCUT2D eigenvalue weighted by Crippen LogP contribution is 2.11. The molecule has 0 spiro atoms. The molecule has 0 rings (SSSR count). The maximum absolute atomic E-state index is 7.03. The Balaban J connectivity index is -0.00000112. The van der Waals surface area contributed by atoms with Crippen molar-refractivity contribution in [3.8, 4) is 0 Å². The topological polar surface area (TPSA) is 99.7 Å². The number of thioether (sulfide) groups is 2. The molecule has 0 aliphatic rings. The molecule has 0 bridgehead atoms. The number of rotatable bonds is 9. The Morgan fingerprint density at radius 2 is 0.944 bits per heavy atom. The van der Waals surface area contributed by atoms with Gasteiger partial charge in [0.2, 0.25) is 0 Å². The van der Waals surface area contributed by atoms with Gasteiger partial charge in [0, 0.05) is 11.5 Å². The summed E-state index contributed by atoms with van der Waals surface area (Å²) in [6.07, 6.45) is 7.24. The van der Waals surface area contributed by atoms with Crippen LogP contribution in [0.25, 0.3) is 0 Å². The van der Waals surface area contributed by atoms with E-state index in [1.54, 1.807) is 0 Å². The SMILES string of the molecule is Br.Br.N=C(N)SCCCCCCCCSC(=N)N. The van der Waals surface area contributed by atoms with Gasteiger partial charge in [-0.15, -0.1) is 34.0 Å². The standard InChI is InChI=1S/C10H22N4S2.2BrH/c11-9(12)15-7-5-3-1-2-4-6-8-16-10(13)14;;/h1-8H2,(H3,11,12)(H3,13,14);2*1H. The van der Waals surface area contributed by atoms with Gasteiger partial charge >= 0.3 is 0 Å². The molecule has 0 aliphatic carbocycles. The highest BCUT2D eigenvalue weighted by atomic mass is 79.9. The Hall–Kier alpha value is 0.600. The first kappa shape index (κ1) is 23.7. The van der Waals surface area contributed by atoms with Crippen molar-refractivity contribution in [1.29, 1.82) is 10.8 Å². The summed E-state index contributed by atoms with van der Waals surface area (Å²) in [7, 11) is 0. The van der Waals surface area contributed by atoms with Gasteiger partial charge in [-0.1, -0.05) is 49.2 Å². The number of unbranched alkanes of at least 4 members (excludes halogenated alkanes) is 5. The van der Waals surface area contributed by atoms with E-state index in [-0.39, 0.29) is 44.3 Å². The van der Waals surface area contributed by atoms with Crippen LogP contribution in [-0.2, 0) is 0 Å². The van der Waals surface area contributed by atoms with Crippen molar-refractivity contribution >= 4 is 67.8 Å². The van der Waals surface area contributed by atoms with Crippen LogP contribution in [0.5, 0.6) is 0 Å². The van der Waals surface area contributed by atoms with Gasteiger partial charge in [-0.2, -0.15) is 0 Å². The zero-order valence-corrected chi connectivity index (χ0v) is 15.5. The van der Waals surface area contributed by atoms with Crippen molar-refractivity contribution in [3.05, 3.63) is 0 Å². The molecule has 0 amide bonds. The molecule has 18 heavy (non-hydrogen) atoms. The van der Waals surface area contributed by atoms with E-state index in [1.165, 1.54) is 49.2 Å². The first-order valence-corrected chi connectivity index (χ1v) is 7.53. The van der Waals surface area contributed by atoms with Crippen LogP contribution in [0.3, 0.4) is 0 Å². The van der Waals surface area contributed by atoms with Crippen molar-refractivity contribution in [2.45, 2.75) is 38.5 Å². The Morgan fingerprint density at radius 3 is 1.22 bits per heavy atom. The van der Waals surface area contributed by atoms with E-state index < -0.39 is 0 Å². The molecular weight excluding hydrogens is 400 g/mol. The first-order valence-electron chi connectivity index (χ1n) is 5.56. The Bertz CT molecular complexity index is 196. The number of hydrogen-bond donors (Lipinski definition) is 4. The average Bonchev–Trinajstić information content (AvgIpc) is 2.20. The number of halogens is 2. The second kappa shape index (κ2) is 17.6. The van der Waals surface area contributed by atoms with Crippen LogP contribution in [0, 0.1) is 10.8 Å². The van der Waals surface area contributed by atoms with Gasteiger partial charge in [0.25, 0.3) is 0 Å². The van der Waals surface area contributed by atoms with Gasteiger partial charge < -0.3 is 11.5 Å². The molecule has 6 N–H and O–H groups in total. The highest BCUT2D eigenvalue weighted by molar-refractivity contribution is 8.93. The fourth-order valence-electron chi connectivity index (χ4n) is 1.28. The molecule has 8 heteroatoms. The fraction of sp³-hybridized carbons (Fsp3) is 0.800. The van der Waals surface area contributed by atoms with Crippen LogP contribution in [0.1, 0.15) is 38.5 Å². The van der Waals surface area contributed by atoms with E-state index in [4.69, 9.17) is 22.3 Å². The third-order valence-corrected chi connectivity index (χ3v) is 3.66. The fourth-order valence-corrected chi connectivity index (χ4v) is 2.41. The van der Waals surface area contributed by atoms with Gasteiger partial charge in [0.1, 0.15) is 0 Å². The second-order valence-electron chi connectivity index (χ2n) is 3.55. The van der Waals surface area contributed by atoms with Gasteiger partial charge in [-0.3, -0.25) is 10.8 Å². The molecule has 4 nitrogen and oxygen atoms in total. The van der Waals surface area contributed by atoms with E-state index in [0.29, 0.717) is 0 Å². The summed E-state index contributed by atoms with van der Waals surface area (Å²) >= 11 is 2.85. The lowest BCUT2D eigenvalue weighted by Gasteiger charge is -2.01. The lowest BCUT2D eigenvalue weighted by Crippen LogP contribution is -2.04. The zero-order valence-electron chi connectivity index (χ0n) is 10.4. The molecule has 110 valence electrons. The van der Waals surface area contributed by atoms with Crippen LogP contribution in [0.2, 0.25) is 0 Å². The maximum atomic E-state index is 7.03. The van der Waals surface area contributed by atoms with Crippen LogP contribution in [-0.4, -0.2) is 21.8 Å². The molecule has 0 saturated heterocycles. The predicted octanol–water partition coefficient (Wildman–Crippen LogP) is 3.74. The minimum Gasteiger partial charge on any atom is -0.379 e. The van der Waals surface area contributed by atoms with E-state index >= 15 is 0 Å². The lowest BCUT2D eigenvalue weighted by atomic mass is 10.1. The summed E-state index contributed by atoms with van der Waals surface area (Å²) < 4.78 is 0. The quantitative estimate of drug-likeness (QED) is 0.258. The summed E-state index contributed by atoms with van der Waals surface area (Å²) in [6.45, 7) is 0. The van der Waals surface area contributed by atoms with Crippen LogP contribution < -0.4 is 11.5 Å². The summed E-state index contributed by atoms with van der Waals surface area (Å²) in [5.41, 5.74) is 10.5. The molecule has 0 atom stereocenters. The molecule has 0 heterocycles. The monoisotopic (exact) mass is 422 g/mol. The van der Waals surface area contributed by atoms with Crippen LogP contribution >= 0.6 is 57.5 Å². The highest BCUT2D eigenvalue weighted by Gasteiger charge is 1.95. The Kier molecular flexibility index (Phi) is 23.1. The molecule has 0 unspecified atom stereocenters. The summed E-state index contributed by atoms with van der Waals surface area (Å²) in [6, 6.07) is 0. The second-order valence-corrected chi connectivity index (χ2v) is 5.82. The lowest BCUT2D eigenvalue weighted by molar-refractivity contribution is 0.629. The Morgan fingerprint density at radius 1 is 0.667 bits per heavy atom. The first-order chi connectivity index (χ1) is 7.63. The van der Waals surface area contributed by atoms with Gasteiger partial charge in [-0.25, -0.2) is 0 Å². The molecular formula is C10H24Br2N4S2. The molecule has 0 saturated carbocycles. The van der Waals surface area contributed by atoms with E-state index in [9.17, 15) is 0 Å². The molecule has 0 aromatic rings. The van der Waals surface area contributed by atoms with Crippen molar-refractivity contribution < 1.29 is 0 Å². The predicted molar refractivity (Wildman–Crippen MR) is 97.1 cm³/mol. The number of hydrogen-bond acceptors (Lipinski definition) is 4. The molecule has 0 fully saturated rings. The minimum atomic E-state index is 0. The average molecular weight is 424 g/mol. The maximum Gasteiger partial charge on any atom is 0.151 e. The van der Waals surface area contributed by atoms with E-state index in [1.807, 2.05) is 0 Å². The van der Waals surface area contributed by atoms with Crippen molar-refractivity contribution in [1.82, 2.24) is 0 Å². The van der Waals surface area contributed by atoms with E-state index in [0.717, 1.165) is 24.3 Å². The normalized spacial score (nSPS) is 9.11. The molecule has 0 radical (unpaired) electrons. The summed E-state index contributed by atoms with van der Waals surface area (Å²) in [5, 5.41) is 14.5. The molecule has 0 aromatic carbocycles. The van der Waals surface area contributed by atoms with Gasteiger partial charge in [0.05, 0.1) is 0 Å². The minimum absolute atomic E-state index is 0. The van der Waals surface area contributed by atoms with Crippen molar-refractivity contribution in [2.75, 3.05) is 11.5 Å². The number of nitrogens with one attached hydrogen (secondary N) is 2. The third-order valence-electron chi connectivity index (χ3n) is 2.05. The van der Waals surface area contributed by atoms with Crippen molar-refractivity contribution in [2.24, 2.45) is 11.5 Å². The van der Waals surface area contributed by atoms with E-state index in [2.05, 4.69) is 0 Å². The molecule has 0 aliphatic heterocycles. The van der Waals surface area contributed by atoms with Gasteiger partial charge in [0.15, 0.2) is 10.3 Å². The summed E-state index contributed by atoms with van der Waals surface area (Å²) in [5.74, 6) is 1.94. The van der Waals surface area contributed by atoms with Crippen LogP contribution in [0.4, 0.5) is 0 Å². The summed E-state index contributed by atoms with van der Waals surface area (Å²) in [4.78, 5) is 0. The third kappa shape index (κ3) is 21.8. The van der Waals surface area contributed by atoms with Crippen molar-refractivity contribution in [3.63, 3.8) is 0 Å².